The highest BCUT2D eigenvalue weighted by Gasteiger charge is 2.26. The molecular weight excluding hydrogens is 240 g/mol. The molecule has 0 aliphatic carbocycles. The maximum Gasteiger partial charge on any atom is 0.224 e. The zero-order chi connectivity index (χ0) is 13.8. The molecule has 2 unspecified atom stereocenters. The SMILES string of the molecule is CCCNc1ncc(C)c(N2CCC(C)C(O)C2)n1. The topological polar surface area (TPSA) is 61.3 Å². The number of nitrogens with one attached hydrogen (secondary N) is 1. The van der Waals surface area contributed by atoms with E-state index in [1.165, 1.54) is 0 Å². The first-order valence-electron chi connectivity index (χ1n) is 7.12. The lowest BCUT2D eigenvalue weighted by atomic mass is 9.96. The van der Waals surface area contributed by atoms with Crippen LogP contribution in [0.25, 0.3) is 0 Å². The van der Waals surface area contributed by atoms with Gasteiger partial charge in [0.1, 0.15) is 5.82 Å². The highest BCUT2D eigenvalue weighted by molar-refractivity contribution is 5.49. The van der Waals surface area contributed by atoms with E-state index in [0.717, 1.165) is 37.3 Å². The molecule has 1 aromatic rings. The quantitative estimate of drug-likeness (QED) is 0.868. The Morgan fingerprint density at radius 1 is 1.53 bits per heavy atom. The van der Waals surface area contributed by atoms with E-state index in [2.05, 4.69) is 34.0 Å². The Morgan fingerprint density at radius 2 is 2.32 bits per heavy atom. The van der Waals surface area contributed by atoms with E-state index in [1.54, 1.807) is 0 Å². The maximum absolute atomic E-state index is 10.0. The van der Waals surface area contributed by atoms with Crippen molar-refractivity contribution in [1.29, 1.82) is 0 Å². The second kappa shape index (κ2) is 6.19. The fourth-order valence-electron chi connectivity index (χ4n) is 2.32. The molecule has 2 rings (SSSR count). The van der Waals surface area contributed by atoms with Gasteiger partial charge < -0.3 is 15.3 Å². The van der Waals surface area contributed by atoms with Crippen LogP contribution in [-0.4, -0.2) is 40.8 Å². The van der Waals surface area contributed by atoms with E-state index in [4.69, 9.17) is 0 Å². The summed E-state index contributed by atoms with van der Waals surface area (Å²) in [6, 6.07) is 0. The summed E-state index contributed by atoms with van der Waals surface area (Å²) in [5.74, 6) is 1.99. The molecule has 0 spiro atoms. The van der Waals surface area contributed by atoms with E-state index in [-0.39, 0.29) is 6.10 Å². The molecule has 1 fully saturated rings. The zero-order valence-corrected chi connectivity index (χ0v) is 12.1. The van der Waals surface area contributed by atoms with Crippen LogP contribution in [0.3, 0.4) is 0 Å². The number of hydrogen-bond acceptors (Lipinski definition) is 5. The predicted octanol–water partition coefficient (Wildman–Crippen LogP) is 1.81. The number of anilines is 2. The Hall–Kier alpha value is -1.36. The average molecular weight is 264 g/mol. The van der Waals surface area contributed by atoms with Crippen molar-refractivity contribution in [3.05, 3.63) is 11.8 Å². The molecule has 0 radical (unpaired) electrons. The first-order chi connectivity index (χ1) is 9.11. The molecule has 2 N–H and O–H groups in total. The van der Waals surface area contributed by atoms with Crippen LogP contribution in [0.4, 0.5) is 11.8 Å². The highest BCUT2D eigenvalue weighted by Crippen LogP contribution is 2.24. The number of aliphatic hydroxyl groups is 1. The van der Waals surface area contributed by atoms with E-state index >= 15 is 0 Å². The molecule has 5 heteroatoms. The van der Waals surface area contributed by atoms with Crippen molar-refractivity contribution in [2.24, 2.45) is 5.92 Å². The number of nitrogens with zero attached hydrogens (tertiary/aromatic N) is 3. The minimum Gasteiger partial charge on any atom is -0.391 e. The number of aryl methyl sites for hydroxylation is 1. The van der Waals surface area contributed by atoms with Crippen molar-refractivity contribution in [2.45, 2.75) is 39.7 Å². The standard InChI is InChI=1S/C14H24N4O/c1-4-6-15-14-16-8-11(3)13(17-14)18-7-5-10(2)12(19)9-18/h8,10,12,19H,4-7,9H2,1-3H3,(H,15,16,17). The summed E-state index contributed by atoms with van der Waals surface area (Å²) in [4.78, 5) is 11.0. The minimum absolute atomic E-state index is 0.268. The first-order valence-corrected chi connectivity index (χ1v) is 7.12. The lowest BCUT2D eigenvalue weighted by Crippen LogP contribution is -2.43. The van der Waals surface area contributed by atoms with Gasteiger partial charge in [0.25, 0.3) is 0 Å². The predicted molar refractivity (Wildman–Crippen MR) is 77.6 cm³/mol. The van der Waals surface area contributed by atoms with Crippen molar-refractivity contribution in [1.82, 2.24) is 9.97 Å². The van der Waals surface area contributed by atoms with Crippen molar-refractivity contribution in [2.75, 3.05) is 29.9 Å². The summed E-state index contributed by atoms with van der Waals surface area (Å²) in [5.41, 5.74) is 1.06. The Labute approximate surface area is 115 Å². The van der Waals surface area contributed by atoms with Gasteiger partial charge in [-0.15, -0.1) is 0 Å². The van der Waals surface area contributed by atoms with Crippen molar-refractivity contribution < 1.29 is 5.11 Å². The van der Waals surface area contributed by atoms with Gasteiger partial charge in [0.2, 0.25) is 5.95 Å². The first kappa shape index (κ1) is 14.1. The summed E-state index contributed by atoms with van der Waals surface area (Å²) >= 11 is 0. The largest absolute Gasteiger partial charge is 0.391 e. The van der Waals surface area contributed by atoms with Gasteiger partial charge in [0, 0.05) is 31.4 Å². The van der Waals surface area contributed by atoms with Crippen LogP contribution in [0.15, 0.2) is 6.20 Å². The third kappa shape index (κ3) is 3.35. The Bertz CT molecular complexity index is 424. The van der Waals surface area contributed by atoms with Crippen LogP contribution in [0, 0.1) is 12.8 Å². The number of aliphatic hydroxyl groups excluding tert-OH is 1. The van der Waals surface area contributed by atoms with Gasteiger partial charge >= 0.3 is 0 Å². The third-order valence-corrected chi connectivity index (χ3v) is 3.70. The van der Waals surface area contributed by atoms with Gasteiger partial charge in [-0.05, 0) is 25.7 Å². The van der Waals surface area contributed by atoms with Crippen LogP contribution in [-0.2, 0) is 0 Å². The second-order valence-corrected chi connectivity index (χ2v) is 5.41. The molecule has 2 atom stereocenters. The molecule has 1 saturated heterocycles. The van der Waals surface area contributed by atoms with Crippen LogP contribution in [0.5, 0.6) is 0 Å². The summed E-state index contributed by atoms with van der Waals surface area (Å²) < 4.78 is 0. The molecule has 0 aromatic carbocycles. The third-order valence-electron chi connectivity index (χ3n) is 3.70. The lowest BCUT2D eigenvalue weighted by molar-refractivity contribution is 0.102. The molecule has 19 heavy (non-hydrogen) atoms. The second-order valence-electron chi connectivity index (χ2n) is 5.41. The molecule has 0 saturated carbocycles. The van der Waals surface area contributed by atoms with Gasteiger partial charge in [-0.2, -0.15) is 4.98 Å². The monoisotopic (exact) mass is 264 g/mol. The maximum atomic E-state index is 10.0. The summed E-state index contributed by atoms with van der Waals surface area (Å²) in [5, 5.41) is 13.2. The minimum atomic E-state index is -0.268. The Balaban J connectivity index is 2.14. The molecule has 106 valence electrons. The van der Waals surface area contributed by atoms with Gasteiger partial charge in [-0.1, -0.05) is 13.8 Å². The van der Waals surface area contributed by atoms with Crippen LogP contribution in [0.2, 0.25) is 0 Å². The molecule has 0 amide bonds. The lowest BCUT2D eigenvalue weighted by Gasteiger charge is -2.35. The fraction of sp³-hybridized carbons (Fsp3) is 0.714. The average Bonchev–Trinajstić information content (AvgIpc) is 2.41. The highest BCUT2D eigenvalue weighted by atomic mass is 16.3. The fourth-order valence-corrected chi connectivity index (χ4v) is 2.32. The van der Waals surface area contributed by atoms with Gasteiger partial charge in [0.15, 0.2) is 0 Å². The smallest absolute Gasteiger partial charge is 0.224 e. The molecule has 5 nitrogen and oxygen atoms in total. The zero-order valence-electron chi connectivity index (χ0n) is 12.1. The number of rotatable bonds is 4. The summed E-state index contributed by atoms with van der Waals surface area (Å²) in [6.45, 7) is 8.72. The van der Waals surface area contributed by atoms with Crippen LogP contribution < -0.4 is 10.2 Å². The van der Waals surface area contributed by atoms with Gasteiger partial charge in [0.05, 0.1) is 6.10 Å². The van der Waals surface area contributed by atoms with Gasteiger partial charge in [-0.25, -0.2) is 4.98 Å². The van der Waals surface area contributed by atoms with Crippen LogP contribution >= 0.6 is 0 Å². The number of β-amino-alcohol motifs (C(OH)–C–C–N with tert-alkyl or cyclic N) is 1. The van der Waals surface area contributed by atoms with E-state index in [9.17, 15) is 5.11 Å². The van der Waals surface area contributed by atoms with E-state index < -0.39 is 0 Å². The molecule has 1 aliphatic heterocycles. The van der Waals surface area contributed by atoms with Crippen molar-refractivity contribution in [3.63, 3.8) is 0 Å². The molecule has 0 bridgehead atoms. The summed E-state index contributed by atoms with van der Waals surface area (Å²) in [6.07, 6.45) is 3.63. The molecule has 1 aliphatic rings. The van der Waals surface area contributed by atoms with Gasteiger partial charge in [-0.3, -0.25) is 0 Å². The summed E-state index contributed by atoms with van der Waals surface area (Å²) in [7, 11) is 0. The number of piperidine rings is 1. The Morgan fingerprint density at radius 3 is 3.00 bits per heavy atom. The normalized spacial score (nSPS) is 23.5. The number of aromatic nitrogens is 2. The number of hydrogen-bond donors (Lipinski definition) is 2. The molecular formula is C14H24N4O. The van der Waals surface area contributed by atoms with Crippen molar-refractivity contribution in [3.8, 4) is 0 Å². The van der Waals surface area contributed by atoms with E-state index in [1.807, 2.05) is 13.1 Å². The Kier molecular flexibility index (Phi) is 4.58. The van der Waals surface area contributed by atoms with Crippen molar-refractivity contribution >= 4 is 11.8 Å². The van der Waals surface area contributed by atoms with E-state index in [0.29, 0.717) is 18.4 Å². The molecule has 1 aromatic heterocycles. The van der Waals surface area contributed by atoms with Crippen LogP contribution in [0.1, 0.15) is 32.3 Å². The molecule has 2 heterocycles.